The molecule has 1 unspecified atom stereocenters. The second-order valence-electron chi connectivity index (χ2n) is 2.86. The third kappa shape index (κ3) is 3.95. The van der Waals surface area contributed by atoms with Gasteiger partial charge in [-0.05, 0) is 12.8 Å². The van der Waals surface area contributed by atoms with Crippen molar-refractivity contribution in [1.82, 2.24) is 10.6 Å². The molecule has 1 aliphatic rings. The van der Waals surface area contributed by atoms with Gasteiger partial charge < -0.3 is 15.7 Å². The third-order valence-corrected chi connectivity index (χ3v) is 1.66. The Morgan fingerprint density at radius 1 is 1.55 bits per heavy atom. The highest BCUT2D eigenvalue weighted by Gasteiger charge is 2.20. The first-order chi connectivity index (χ1) is 5.33. The Morgan fingerprint density at radius 2 is 2.27 bits per heavy atom. The number of amides is 1. The number of carbonyl (C=O) groups excluding carboxylic acids is 1. The predicted octanol–water partition coefficient (Wildman–Crippen LogP) is -1.15. The molecule has 0 aromatic carbocycles. The van der Waals surface area contributed by atoms with Crippen LogP contribution in [-0.2, 0) is 4.79 Å². The fraction of sp³-hybridized carbons (Fsp3) is 0.857. The molecular weight excluding hydrogens is 144 g/mol. The molecule has 0 bridgehead atoms. The highest BCUT2D eigenvalue weighted by Crippen LogP contribution is 2.18. The summed E-state index contributed by atoms with van der Waals surface area (Å²) in [5.74, 6) is 0. The summed E-state index contributed by atoms with van der Waals surface area (Å²) in [4.78, 5) is 9.82. The number of aliphatic hydroxyl groups is 1. The lowest BCUT2D eigenvalue weighted by atomic mass is 10.3. The van der Waals surface area contributed by atoms with Crippen LogP contribution in [0.2, 0.25) is 0 Å². The molecule has 0 radical (unpaired) electrons. The van der Waals surface area contributed by atoms with Crippen LogP contribution in [0.25, 0.3) is 0 Å². The molecule has 64 valence electrons. The first kappa shape index (κ1) is 8.49. The molecule has 1 aliphatic carbocycles. The molecule has 0 spiro atoms. The Bertz CT molecular complexity index is 126. The Hall–Kier alpha value is -0.610. The molecule has 1 atom stereocenters. The molecule has 4 nitrogen and oxygen atoms in total. The number of hydrogen-bond donors (Lipinski definition) is 3. The number of aliphatic hydroxyl groups excluding tert-OH is 1. The molecule has 1 amide bonds. The van der Waals surface area contributed by atoms with Gasteiger partial charge in [0.1, 0.15) is 0 Å². The molecule has 1 fully saturated rings. The van der Waals surface area contributed by atoms with Crippen LogP contribution in [-0.4, -0.2) is 36.8 Å². The van der Waals surface area contributed by atoms with Crippen molar-refractivity contribution in [3.05, 3.63) is 0 Å². The average Bonchev–Trinajstić information content (AvgIpc) is 2.80. The fourth-order valence-corrected chi connectivity index (χ4v) is 0.846. The maximum atomic E-state index is 9.82. The summed E-state index contributed by atoms with van der Waals surface area (Å²) in [6, 6.07) is 0.612. The fourth-order valence-electron chi connectivity index (χ4n) is 0.846. The van der Waals surface area contributed by atoms with Crippen LogP contribution >= 0.6 is 0 Å². The van der Waals surface area contributed by atoms with E-state index in [0.717, 1.165) is 0 Å². The first-order valence-electron chi connectivity index (χ1n) is 3.91. The van der Waals surface area contributed by atoms with Crippen molar-refractivity contribution in [3.63, 3.8) is 0 Å². The van der Waals surface area contributed by atoms with Crippen molar-refractivity contribution in [1.29, 1.82) is 0 Å². The maximum absolute atomic E-state index is 9.82. The Kier molecular flexibility index (Phi) is 3.32. The Balaban J connectivity index is 1.90. The van der Waals surface area contributed by atoms with Crippen LogP contribution in [0.5, 0.6) is 0 Å². The second-order valence-corrected chi connectivity index (χ2v) is 2.86. The van der Waals surface area contributed by atoms with Crippen molar-refractivity contribution in [3.8, 4) is 0 Å². The summed E-state index contributed by atoms with van der Waals surface area (Å²) in [5.41, 5.74) is 0. The second kappa shape index (κ2) is 4.31. The van der Waals surface area contributed by atoms with Crippen LogP contribution in [0, 0.1) is 0 Å². The Labute approximate surface area is 66.0 Å². The lowest BCUT2D eigenvalue weighted by Crippen LogP contribution is -2.35. The number of rotatable bonds is 6. The standard InChI is InChI=1S/C7H14N2O2/c10-5-8-3-7(11)4-9-6-1-2-6/h5-7,9,11H,1-4H2,(H,8,10). The van der Waals surface area contributed by atoms with E-state index in [1.54, 1.807) is 0 Å². The van der Waals surface area contributed by atoms with E-state index < -0.39 is 6.10 Å². The van der Waals surface area contributed by atoms with Gasteiger partial charge in [0.15, 0.2) is 0 Å². The normalized spacial score (nSPS) is 19.4. The maximum Gasteiger partial charge on any atom is 0.207 e. The van der Waals surface area contributed by atoms with Crippen LogP contribution in [0.3, 0.4) is 0 Å². The molecule has 0 saturated heterocycles. The molecule has 1 rings (SSSR count). The van der Waals surface area contributed by atoms with Gasteiger partial charge in [-0.15, -0.1) is 0 Å². The highest BCUT2D eigenvalue weighted by atomic mass is 16.3. The van der Waals surface area contributed by atoms with Gasteiger partial charge in [-0.1, -0.05) is 0 Å². The molecule has 11 heavy (non-hydrogen) atoms. The van der Waals surface area contributed by atoms with Crippen LogP contribution in [0.1, 0.15) is 12.8 Å². The summed E-state index contributed by atoms with van der Waals surface area (Å²) in [7, 11) is 0. The topological polar surface area (TPSA) is 61.4 Å². The van der Waals surface area contributed by atoms with E-state index in [1.807, 2.05) is 0 Å². The van der Waals surface area contributed by atoms with E-state index in [9.17, 15) is 9.90 Å². The third-order valence-electron chi connectivity index (χ3n) is 1.66. The zero-order valence-corrected chi connectivity index (χ0v) is 6.42. The quantitative estimate of drug-likeness (QED) is 0.427. The minimum Gasteiger partial charge on any atom is -0.390 e. The van der Waals surface area contributed by atoms with Crippen molar-refractivity contribution in [2.24, 2.45) is 0 Å². The van der Waals surface area contributed by atoms with E-state index in [-0.39, 0.29) is 0 Å². The lowest BCUT2D eigenvalue weighted by Gasteiger charge is -2.09. The molecule has 4 heteroatoms. The Morgan fingerprint density at radius 3 is 2.82 bits per heavy atom. The van der Waals surface area contributed by atoms with Crippen molar-refractivity contribution in [2.75, 3.05) is 13.1 Å². The van der Waals surface area contributed by atoms with Gasteiger partial charge in [-0.3, -0.25) is 4.79 Å². The summed E-state index contributed by atoms with van der Waals surface area (Å²) in [6.45, 7) is 0.911. The molecule has 0 aromatic heterocycles. The zero-order valence-electron chi connectivity index (χ0n) is 6.42. The lowest BCUT2D eigenvalue weighted by molar-refractivity contribution is -0.109. The van der Waals surface area contributed by atoms with Crippen molar-refractivity contribution in [2.45, 2.75) is 25.0 Å². The minimum absolute atomic E-state index is 0.337. The number of hydrogen-bond acceptors (Lipinski definition) is 3. The van der Waals surface area contributed by atoms with E-state index in [2.05, 4.69) is 10.6 Å². The van der Waals surface area contributed by atoms with E-state index >= 15 is 0 Å². The van der Waals surface area contributed by atoms with Crippen LogP contribution in [0.4, 0.5) is 0 Å². The van der Waals surface area contributed by atoms with Gasteiger partial charge in [-0.2, -0.15) is 0 Å². The number of nitrogens with one attached hydrogen (secondary N) is 2. The average molecular weight is 158 g/mol. The van der Waals surface area contributed by atoms with Crippen molar-refractivity contribution < 1.29 is 9.90 Å². The molecule has 0 aliphatic heterocycles. The molecule has 0 heterocycles. The minimum atomic E-state index is -0.458. The molecule has 3 N–H and O–H groups in total. The van der Waals surface area contributed by atoms with Gasteiger partial charge in [0.25, 0.3) is 0 Å². The van der Waals surface area contributed by atoms with Gasteiger partial charge >= 0.3 is 0 Å². The summed E-state index contributed by atoms with van der Waals surface area (Å²) in [6.07, 6.45) is 2.57. The van der Waals surface area contributed by atoms with E-state index in [1.165, 1.54) is 12.8 Å². The summed E-state index contributed by atoms with van der Waals surface area (Å²) >= 11 is 0. The van der Waals surface area contributed by atoms with Gasteiger partial charge in [0.05, 0.1) is 6.10 Å². The van der Waals surface area contributed by atoms with Gasteiger partial charge in [0, 0.05) is 19.1 Å². The largest absolute Gasteiger partial charge is 0.390 e. The van der Waals surface area contributed by atoms with Crippen molar-refractivity contribution >= 4 is 6.41 Å². The van der Waals surface area contributed by atoms with Gasteiger partial charge in [0.2, 0.25) is 6.41 Å². The molecule has 1 saturated carbocycles. The highest BCUT2D eigenvalue weighted by molar-refractivity contribution is 5.45. The van der Waals surface area contributed by atoms with Crippen LogP contribution < -0.4 is 10.6 Å². The van der Waals surface area contributed by atoms with E-state index in [4.69, 9.17) is 0 Å². The van der Waals surface area contributed by atoms with Gasteiger partial charge in [-0.25, -0.2) is 0 Å². The predicted molar refractivity (Wildman–Crippen MR) is 41.1 cm³/mol. The SMILES string of the molecule is O=CNCC(O)CNC1CC1. The molecular formula is C7H14N2O2. The van der Waals surface area contributed by atoms with E-state index in [0.29, 0.717) is 25.5 Å². The first-order valence-corrected chi connectivity index (χ1v) is 3.91. The smallest absolute Gasteiger partial charge is 0.207 e. The van der Waals surface area contributed by atoms with Crippen LogP contribution in [0.15, 0.2) is 0 Å². The monoisotopic (exact) mass is 158 g/mol. The zero-order chi connectivity index (χ0) is 8.10. The summed E-state index contributed by atoms with van der Waals surface area (Å²) in [5, 5.41) is 14.8. The molecule has 0 aromatic rings. The number of carbonyl (C=O) groups is 1. The summed E-state index contributed by atoms with van der Waals surface area (Å²) < 4.78 is 0.